The molecule has 0 fully saturated rings. The van der Waals surface area contributed by atoms with Crippen LogP contribution in [0.15, 0.2) is 35.6 Å². The summed E-state index contributed by atoms with van der Waals surface area (Å²) in [6.45, 7) is 0. The molecule has 120 valence electrons. The average molecular weight is 318 g/mol. The van der Waals surface area contributed by atoms with Gasteiger partial charge in [-0.3, -0.25) is 5.41 Å². The summed E-state index contributed by atoms with van der Waals surface area (Å²) < 4.78 is 18.6. The van der Waals surface area contributed by atoms with Crippen molar-refractivity contribution >= 4 is 18.4 Å². The number of hydrogen-bond acceptors (Lipinski definition) is 6. The largest absolute Gasteiger partial charge is 0.497 e. The van der Waals surface area contributed by atoms with Gasteiger partial charge in [0.1, 0.15) is 5.75 Å². The minimum atomic E-state index is -0.620. The third-order valence-electron chi connectivity index (χ3n) is 3.02. The van der Waals surface area contributed by atoms with Crippen LogP contribution < -0.4 is 14.1 Å². The van der Waals surface area contributed by atoms with Crippen LogP contribution in [-0.2, 0) is 0 Å². The van der Waals surface area contributed by atoms with Crippen LogP contribution in [0, 0.1) is 11.2 Å². The van der Waals surface area contributed by atoms with E-state index in [0.29, 0.717) is 0 Å². The van der Waals surface area contributed by atoms with Crippen LogP contribution in [-0.4, -0.2) is 43.7 Å². The number of hydrogen-bond donors (Lipinski definition) is 1. The Balaban J connectivity index is 2.12. The second-order valence-electron chi connectivity index (χ2n) is 5.09. The van der Waals surface area contributed by atoms with Crippen LogP contribution in [0.3, 0.4) is 0 Å². The predicted octanol–water partition coefficient (Wildman–Crippen LogP) is 2.21. The molecule has 0 aliphatic carbocycles. The van der Waals surface area contributed by atoms with Gasteiger partial charge in [0, 0.05) is 0 Å². The highest BCUT2D eigenvalue weighted by molar-refractivity contribution is 5.79. The van der Waals surface area contributed by atoms with E-state index < -0.39 is 5.82 Å². The third-order valence-corrected chi connectivity index (χ3v) is 3.02. The monoisotopic (exact) mass is 318 g/mol. The highest BCUT2D eigenvalue weighted by Crippen LogP contribution is 2.20. The van der Waals surface area contributed by atoms with E-state index in [1.54, 1.807) is 45.5 Å². The number of aromatic nitrogens is 2. The Morgan fingerprint density at radius 3 is 2.57 bits per heavy atom. The molecule has 7 nitrogen and oxygen atoms in total. The Bertz CT molecular complexity index is 716. The molecule has 1 heterocycles. The van der Waals surface area contributed by atoms with Crippen LogP contribution in [0.25, 0.3) is 0 Å². The minimum Gasteiger partial charge on any atom is -0.497 e. The first kappa shape index (κ1) is 16.5. The van der Waals surface area contributed by atoms with E-state index in [4.69, 9.17) is 15.0 Å². The summed E-state index contributed by atoms with van der Waals surface area (Å²) in [5.41, 5.74) is 0.795. The molecular weight excluding hydrogens is 301 g/mol. The number of rotatable bonds is 6. The molecule has 0 bridgehead atoms. The third kappa shape index (κ3) is 4.07. The molecule has 1 aromatic carbocycles. The SMILES string of the molecule is COc1ccc(C=NOc2ncc(F)c([N+](C)(C)C=N)n2)cc1. The highest BCUT2D eigenvalue weighted by atomic mass is 19.1. The summed E-state index contributed by atoms with van der Waals surface area (Å²) in [5, 5.41) is 11.1. The van der Waals surface area contributed by atoms with Crippen molar-refractivity contribution in [1.29, 1.82) is 5.41 Å². The van der Waals surface area contributed by atoms with Crippen molar-refractivity contribution in [2.45, 2.75) is 0 Å². The number of quaternary nitrogens is 1. The lowest BCUT2D eigenvalue weighted by Gasteiger charge is -2.20. The lowest BCUT2D eigenvalue weighted by atomic mass is 10.2. The second kappa shape index (κ2) is 6.93. The lowest BCUT2D eigenvalue weighted by molar-refractivity contribution is 0.310. The molecule has 0 atom stereocenters. The summed E-state index contributed by atoms with van der Waals surface area (Å²) in [4.78, 5) is 12.7. The molecule has 0 radical (unpaired) electrons. The molecule has 23 heavy (non-hydrogen) atoms. The zero-order valence-electron chi connectivity index (χ0n) is 13.0. The van der Waals surface area contributed by atoms with E-state index in [9.17, 15) is 4.39 Å². The van der Waals surface area contributed by atoms with E-state index in [2.05, 4.69) is 15.1 Å². The van der Waals surface area contributed by atoms with Crippen LogP contribution in [0.5, 0.6) is 11.8 Å². The predicted molar refractivity (Wildman–Crippen MR) is 85.6 cm³/mol. The van der Waals surface area contributed by atoms with Gasteiger partial charge in [-0.2, -0.15) is 9.37 Å². The zero-order chi connectivity index (χ0) is 16.9. The Kier molecular flexibility index (Phi) is 4.97. The lowest BCUT2D eigenvalue weighted by Crippen LogP contribution is -2.40. The fourth-order valence-corrected chi connectivity index (χ4v) is 1.68. The number of methoxy groups -OCH3 is 1. The van der Waals surface area contributed by atoms with E-state index >= 15 is 0 Å². The summed E-state index contributed by atoms with van der Waals surface area (Å²) in [6.07, 6.45) is 3.52. The Labute approximate surface area is 133 Å². The Morgan fingerprint density at radius 1 is 1.26 bits per heavy atom. The molecule has 0 spiro atoms. The Hall–Kier alpha value is -2.87. The number of halogens is 1. The van der Waals surface area contributed by atoms with Gasteiger partial charge in [0.25, 0.3) is 5.82 Å². The molecule has 1 aromatic heterocycles. The summed E-state index contributed by atoms with van der Waals surface area (Å²) in [7, 11) is 4.82. The van der Waals surface area contributed by atoms with Crippen LogP contribution in [0.4, 0.5) is 10.2 Å². The van der Waals surface area contributed by atoms with Crippen molar-refractivity contribution in [2.24, 2.45) is 5.16 Å². The quantitative estimate of drug-likeness (QED) is 0.383. The first-order valence-electron chi connectivity index (χ1n) is 6.69. The van der Waals surface area contributed by atoms with E-state index in [1.165, 1.54) is 6.21 Å². The summed E-state index contributed by atoms with van der Waals surface area (Å²) in [6, 6.07) is 7.09. The molecule has 0 unspecified atom stereocenters. The number of benzene rings is 1. The Morgan fingerprint density at radius 2 is 1.96 bits per heavy atom. The zero-order valence-corrected chi connectivity index (χ0v) is 13.0. The molecule has 2 aromatic rings. The van der Waals surface area contributed by atoms with Crippen LogP contribution in [0.1, 0.15) is 5.56 Å². The van der Waals surface area contributed by atoms with Gasteiger partial charge in [-0.05, 0) is 29.8 Å². The average Bonchev–Trinajstić information content (AvgIpc) is 2.57. The van der Waals surface area contributed by atoms with Crippen molar-refractivity contribution in [1.82, 2.24) is 14.5 Å². The van der Waals surface area contributed by atoms with Crippen molar-refractivity contribution in [3.8, 4) is 11.8 Å². The number of ether oxygens (including phenoxy) is 1. The van der Waals surface area contributed by atoms with Gasteiger partial charge >= 0.3 is 6.01 Å². The number of nitrogens with zero attached hydrogens (tertiary/aromatic N) is 4. The molecule has 0 saturated heterocycles. The second-order valence-corrected chi connectivity index (χ2v) is 5.09. The van der Waals surface area contributed by atoms with Crippen molar-refractivity contribution in [3.63, 3.8) is 0 Å². The van der Waals surface area contributed by atoms with Gasteiger partial charge in [-0.25, -0.2) is 4.48 Å². The van der Waals surface area contributed by atoms with E-state index in [-0.39, 0.29) is 16.3 Å². The molecule has 0 aliphatic rings. The van der Waals surface area contributed by atoms with Crippen molar-refractivity contribution in [3.05, 3.63) is 41.8 Å². The maximum Gasteiger partial charge on any atom is 0.350 e. The van der Waals surface area contributed by atoms with Crippen molar-refractivity contribution < 1.29 is 14.0 Å². The molecular formula is C15H17FN5O2+. The minimum absolute atomic E-state index is 0.0182. The van der Waals surface area contributed by atoms with Gasteiger partial charge in [0.05, 0.1) is 33.6 Å². The van der Waals surface area contributed by atoms with E-state index in [1.807, 2.05) is 0 Å². The fraction of sp³-hybridized carbons (Fsp3) is 0.200. The standard InChI is InChI=1S/C15H17FN5O2/c1-21(2,10-17)14-13(16)9-18-15(20-14)23-19-8-11-4-6-12(22-3)7-5-11/h4-10,17H,1-3H3/q+1. The van der Waals surface area contributed by atoms with Crippen LogP contribution in [0.2, 0.25) is 0 Å². The highest BCUT2D eigenvalue weighted by Gasteiger charge is 2.25. The van der Waals surface area contributed by atoms with Gasteiger partial charge in [-0.1, -0.05) is 5.16 Å². The smallest absolute Gasteiger partial charge is 0.350 e. The van der Waals surface area contributed by atoms with Crippen LogP contribution >= 0.6 is 0 Å². The fourth-order valence-electron chi connectivity index (χ4n) is 1.68. The molecule has 0 amide bonds. The summed E-state index contributed by atoms with van der Waals surface area (Å²) >= 11 is 0. The van der Waals surface area contributed by atoms with Gasteiger partial charge < -0.3 is 9.57 Å². The normalized spacial score (nSPS) is 11.5. The topological polar surface area (TPSA) is 80.5 Å². The first-order valence-corrected chi connectivity index (χ1v) is 6.69. The molecule has 0 saturated carbocycles. The number of oxime groups is 1. The molecule has 1 N–H and O–H groups in total. The van der Waals surface area contributed by atoms with Crippen molar-refractivity contribution in [2.75, 3.05) is 21.2 Å². The molecule has 0 aliphatic heterocycles. The van der Waals surface area contributed by atoms with Gasteiger partial charge in [0.15, 0.2) is 6.34 Å². The molecule has 8 heteroatoms. The first-order chi connectivity index (χ1) is 11.0. The number of nitrogens with one attached hydrogen (secondary N) is 1. The van der Waals surface area contributed by atoms with E-state index in [0.717, 1.165) is 23.8 Å². The maximum atomic E-state index is 13.8. The summed E-state index contributed by atoms with van der Waals surface area (Å²) in [5.74, 6) is 0.135. The molecule has 2 rings (SSSR count). The van der Waals surface area contributed by atoms with Gasteiger partial charge in [0.2, 0.25) is 5.82 Å². The maximum absolute atomic E-state index is 13.8. The van der Waals surface area contributed by atoms with Gasteiger partial charge in [-0.15, -0.1) is 4.98 Å².